The van der Waals surface area contributed by atoms with E-state index in [1.54, 1.807) is 20.8 Å². The standard InChI is InChI=1S/C24H45N3O4/c1-17(2)15-19(5)21(28)25-13-11-9-10-12-14-26-22(29)20(16-18(3)4)27-23(30)31-24(6,7)8/h9-10,17-20H,11-16H2,1-8H3,(H,25,28)(H,26,29)(H,27,30)/t19-,20-/m0/s1. The Labute approximate surface area is 189 Å². The third-order valence-corrected chi connectivity index (χ3v) is 4.37. The Hall–Kier alpha value is -2.05. The zero-order valence-corrected chi connectivity index (χ0v) is 20.8. The fourth-order valence-electron chi connectivity index (χ4n) is 3.06. The highest BCUT2D eigenvalue weighted by Gasteiger charge is 2.24. The van der Waals surface area contributed by atoms with Crippen LogP contribution in [0.4, 0.5) is 4.79 Å². The van der Waals surface area contributed by atoms with Gasteiger partial charge in [-0.15, -0.1) is 0 Å². The molecule has 0 saturated heterocycles. The predicted molar refractivity (Wildman–Crippen MR) is 126 cm³/mol. The van der Waals surface area contributed by atoms with Crippen LogP contribution in [0.1, 0.15) is 81.1 Å². The number of alkyl carbamates (subject to hydrolysis) is 1. The van der Waals surface area contributed by atoms with Crippen molar-refractivity contribution in [3.63, 3.8) is 0 Å². The van der Waals surface area contributed by atoms with E-state index in [9.17, 15) is 14.4 Å². The van der Waals surface area contributed by atoms with E-state index in [2.05, 4.69) is 29.8 Å². The summed E-state index contributed by atoms with van der Waals surface area (Å²) in [4.78, 5) is 36.5. The Morgan fingerprint density at radius 3 is 1.74 bits per heavy atom. The van der Waals surface area contributed by atoms with Gasteiger partial charge in [0.1, 0.15) is 11.6 Å². The summed E-state index contributed by atoms with van der Waals surface area (Å²) in [6, 6.07) is -0.623. The summed E-state index contributed by atoms with van der Waals surface area (Å²) in [6.45, 7) is 16.6. The van der Waals surface area contributed by atoms with Gasteiger partial charge in [-0.3, -0.25) is 9.59 Å². The zero-order chi connectivity index (χ0) is 24.0. The Morgan fingerprint density at radius 2 is 1.29 bits per heavy atom. The minimum atomic E-state index is -0.623. The normalized spacial score (nSPS) is 13.9. The molecule has 0 aromatic carbocycles. The van der Waals surface area contributed by atoms with Crippen molar-refractivity contribution >= 4 is 17.9 Å². The van der Waals surface area contributed by atoms with Crippen LogP contribution in [-0.4, -0.2) is 42.6 Å². The molecule has 3 N–H and O–H groups in total. The van der Waals surface area contributed by atoms with Crippen LogP contribution < -0.4 is 16.0 Å². The van der Waals surface area contributed by atoms with Crippen molar-refractivity contribution < 1.29 is 19.1 Å². The highest BCUT2D eigenvalue weighted by molar-refractivity contribution is 5.85. The first kappa shape index (κ1) is 28.9. The molecule has 0 fully saturated rings. The van der Waals surface area contributed by atoms with Crippen molar-refractivity contribution in [2.24, 2.45) is 17.8 Å². The lowest BCUT2D eigenvalue weighted by Crippen LogP contribution is -2.48. The maximum Gasteiger partial charge on any atom is 0.408 e. The predicted octanol–water partition coefficient (Wildman–Crippen LogP) is 4.18. The van der Waals surface area contributed by atoms with Crippen LogP contribution in [0.2, 0.25) is 0 Å². The largest absolute Gasteiger partial charge is 0.444 e. The van der Waals surface area contributed by atoms with E-state index < -0.39 is 17.7 Å². The maximum absolute atomic E-state index is 12.5. The SMILES string of the molecule is CC(C)C[C@H](NC(=O)OC(C)(C)C)C(=O)NCCC=CCCNC(=O)[C@@H](C)CC(C)C. The molecule has 0 aliphatic heterocycles. The minimum Gasteiger partial charge on any atom is -0.444 e. The molecule has 0 heterocycles. The van der Waals surface area contributed by atoms with E-state index in [0.29, 0.717) is 31.8 Å². The van der Waals surface area contributed by atoms with E-state index in [1.165, 1.54) is 0 Å². The Balaban J connectivity index is 4.23. The molecule has 3 amide bonds. The average Bonchev–Trinajstić information content (AvgIpc) is 2.60. The fraction of sp³-hybridized carbons (Fsp3) is 0.792. The van der Waals surface area contributed by atoms with E-state index >= 15 is 0 Å². The van der Waals surface area contributed by atoms with E-state index in [0.717, 1.165) is 12.8 Å². The van der Waals surface area contributed by atoms with Crippen LogP contribution in [0.15, 0.2) is 12.2 Å². The molecule has 0 aromatic rings. The fourth-order valence-corrected chi connectivity index (χ4v) is 3.06. The van der Waals surface area contributed by atoms with Gasteiger partial charge in [-0.05, 0) is 58.3 Å². The first-order chi connectivity index (χ1) is 14.3. The van der Waals surface area contributed by atoms with Crippen molar-refractivity contribution in [2.75, 3.05) is 13.1 Å². The van der Waals surface area contributed by atoms with Crippen molar-refractivity contribution in [1.82, 2.24) is 16.0 Å². The summed E-state index contributed by atoms with van der Waals surface area (Å²) in [7, 11) is 0. The molecule has 7 heteroatoms. The highest BCUT2D eigenvalue weighted by atomic mass is 16.6. The Morgan fingerprint density at radius 1 is 0.806 bits per heavy atom. The average molecular weight is 440 g/mol. The van der Waals surface area contributed by atoms with Gasteiger partial charge in [-0.1, -0.05) is 46.8 Å². The third kappa shape index (κ3) is 16.3. The number of nitrogens with one attached hydrogen (secondary N) is 3. The molecule has 2 atom stereocenters. The van der Waals surface area contributed by atoms with Crippen LogP contribution in [0.5, 0.6) is 0 Å². The Kier molecular flexibility index (Phi) is 13.9. The molecule has 0 radical (unpaired) electrons. The van der Waals surface area contributed by atoms with Gasteiger partial charge < -0.3 is 20.7 Å². The molecular formula is C24H45N3O4. The topological polar surface area (TPSA) is 96.5 Å². The molecule has 7 nitrogen and oxygen atoms in total. The molecule has 180 valence electrons. The first-order valence-corrected chi connectivity index (χ1v) is 11.5. The molecular weight excluding hydrogens is 394 g/mol. The number of ether oxygens (including phenoxy) is 1. The van der Waals surface area contributed by atoms with Crippen LogP contribution >= 0.6 is 0 Å². The lowest BCUT2D eigenvalue weighted by Gasteiger charge is -2.24. The summed E-state index contributed by atoms with van der Waals surface area (Å²) < 4.78 is 5.26. The minimum absolute atomic E-state index is 0.0345. The van der Waals surface area contributed by atoms with Gasteiger partial charge in [-0.2, -0.15) is 0 Å². The first-order valence-electron chi connectivity index (χ1n) is 11.5. The molecule has 0 aliphatic carbocycles. The van der Waals surface area contributed by atoms with Crippen LogP contribution in [0, 0.1) is 17.8 Å². The van der Waals surface area contributed by atoms with Gasteiger partial charge in [0, 0.05) is 19.0 Å². The van der Waals surface area contributed by atoms with Crippen LogP contribution in [0.25, 0.3) is 0 Å². The number of hydrogen-bond donors (Lipinski definition) is 3. The summed E-state index contributed by atoms with van der Waals surface area (Å²) in [5.74, 6) is 0.689. The number of amides is 3. The molecule has 0 saturated carbocycles. The lowest BCUT2D eigenvalue weighted by molar-refractivity contribution is -0.125. The van der Waals surface area contributed by atoms with Crippen molar-refractivity contribution in [3.8, 4) is 0 Å². The summed E-state index contributed by atoms with van der Waals surface area (Å²) in [5.41, 5.74) is -0.611. The van der Waals surface area contributed by atoms with Gasteiger partial charge in [-0.25, -0.2) is 4.79 Å². The van der Waals surface area contributed by atoms with Gasteiger partial charge in [0.25, 0.3) is 0 Å². The van der Waals surface area contributed by atoms with Crippen LogP contribution in [0.3, 0.4) is 0 Å². The van der Waals surface area contributed by atoms with Gasteiger partial charge in [0.2, 0.25) is 11.8 Å². The van der Waals surface area contributed by atoms with E-state index in [-0.39, 0.29) is 23.7 Å². The summed E-state index contributed by atoms with van der Waals surface area (Å²) in [6.07, 6.45) is 6.28. The molecule has 0 aliphatic rings. The molecule has 0 aromatic heterocycles. The second kappa shape index (κ2) is 14.9. The summed E-state index contributed by atoms with van der Waals surface area (Å²) >= 11 is 0. The maximum atomic E-state index is 12.5. The van der Waals surface area contributed by atoms with E-state index in [1.807, 2.05) is 32.9 Å². The van der Waals surface area contributed by atoms with Gasteiger partial charge >= 0.3 is 6.09 Å². The number of rotatable bonds is 13. The van der Waals surface area contributed by atoms with E-state index in [4.69, 9.17) is 4.74 Å². The van der Waals surface area contributed by atoms with Crippen molar-refractivity contribution in [1.29, 1.82) is 0 Å². The van der Waals surface area contributed by atoms with Crippen LogP contribution in [-0.2, 0) is 14.3 Å². The van der Waals surface area contributed by atoms with Crippen molar-refractivity contribution in [3.05, 3.63) is 12.2 Å². The number of carbonyl (C=O) groups excluding carboxylic acids is 3. The second-order valence-corrected chi connectivity index (χ2v) is 9.99. The van der Waals surface area contributed by atoms with Crippen molar-refractivity contribution in [2.45, 2.75) is 92.7 Å². The zero-order valence-electron chi connectivity index (χ0n) is 20.8. The van der Waals surface area contributed by atoms with Gasteiger partial charge in [0.05, 0.1) is 0 Å². The quantitative estimate of drug-likeness (QED) is 0.296. The second-order valence-electron chi connectivity index (χ2n) is 9.99. The molecule has 31 heavy (non-hydrogen) atoms. The Bertz CT molecular complexity index is 580. The molecule has 0 bridgehead atoms. The lowest BCUT2D eigenvalue weighted by atomic mass is 9.98. The monoisotopic (exact) mass is 439 g/mol. The smallest absolute Gasteiger partial charge is 0.408 e. The third-order valence-electron chi connectivity index (χ3n) is 4.37. The number of hydrogen-bond acceptors (Lipinski definition) is 4. The molecule has 0 rings (SSSR count). The number of carbonyl (C=O) groups is 3. The molecule has 0 spiro atoms. The molecule has 0 unspecified atom stereocenters. The highest BCUT2D eigenvalue weighted by Crippen LogP contribution is 2.11. The van der Waals surface area contributed by atoms with Gasteiger partial charge in [0.15, 0.2) is 0 Å². The summed E-state index contributed by atoms with van der Waals surface area (Å²) in [5, 5.41) is 8.49.